The van der Waals surface area contributed by atoms with Gasteiger partial charge in [0.15, 0.2) is 0 Å². The van der Waals surface area contributed by atoms with Gasteiger partial charge >= 0.3 is 0 Å². The average molecular weight is 466 g/mol. The minimum Gasteiger partial charge on any atom is -0.379 e. The van der Waals surface area contributed by atoms with Crippen molar-refractivity contribution in [2.75, 3.05) is 36.9 Å². The normalized spacial score (nSPS) is 19.4. The molecule has 1 fully saturated rings. The molecule has 0 aliphatic carbocycles. The van der Waals surface area contributed by atoms with E-state index in [2.05, 4.69) is 10.6 Å². The lowest BCUT2D eigenvalue weighted by molar-refractivity contribution is -0.115. The number of ether oxygens (including phenoxy) is 1. The second kappa shape index (κ2) is 8.58. The lowest BCUT2D eigenvalue weighted by Gasteiger charge is -2.26. The van der Waals surface area contributed by atoms with Crippen LogP contribution in [0, 0.1) is 5.82 Å². The Hall–Kier alpha value is -2.47. The first-order chi connectivity index (χ1) is 14.8. The van der Waals surface area contributed by atoms with Gasteiger partial charge in [-0.05, 0) is 43.3 Å². The first-order valence-corrected chi connectivity index (χ1v) is 11.9. The molecule has 8 nitrogen and oxygen atoms in total. The van der Waals surface area contributed by atoms with Crippen LogP contribution < -0.4 is 10.6 Å². The molecule has 2 aliphatic rings. The molecule has 0 bridgehead atoms. The van der Waals surface area contributed by atoms with Crippen LogP contribution in [0.3, 0.4) is 0 Å². The monoisotopic (exact) mass is 465 g/mol. The van der Waals surface area contributed by atoms with E-state index >= 15 is 0 Å². The van der Waals surface area contributed by atoms with E-state index in [-0.39, 0.29) is 48.7 Å². The average Bonchev–Trinajstić information content (AvgIpc) is 2.76. The van der Waals surface area contributed by atoms with Gasteiger partial charge in [0.25, 0.3) is 5.91 Å². The summed E-state index contributed by atoms with van der Waals surface area (Å²) in [5.74, 6) is -1.55. The number of hydrogen-bond acceptors (Lipinski definition) is 6. The number of morpholine rings is 1. The fourth-order valence-electron chi connectivity index (χ4n) is 3.26. The van der Waals surface area contributed by atoms with Crippen molar-refractivity contribution < 1.29 is 27.1 Å². The van der Waals surface area contributed by atoms with Gasteiger partial charge in [-0.2, -0.15) is 4.31 Å². The van der Waals surface area contributed by atoms with Crippen molar-refractivity contribution in [3.05, 3.63) is 47.8 Å². The van der Waals surface area contributed by atoms with Crippen LogP contribution in [0.5, 0.6) is 0 Å². The van der Waals surface area contributed by atoms with Crippen molar-refractivity contribution in [3.63, 3.8) is 0 Å². The van der Waals surface area contributed by atoms with E-state index in [0.717, 1.165) is 21.3 Å². The zero-order chi connectivity index (χ0) is 22.2. The van der Waals surface area contributed by atoms with E-state index in [9.17, 15) is 22.4 Å². The number of anilines is 2. The second-order valence-corrected chi connectivity index (χ2v) is 10.4. The Bertz CT molecular complexity index is 1150. The van der Waals surface area contributed by atoms with E-state index < -0.39 is 26.6 Å². The number of hydrogen-bond donors (Lipinski definition) is 2. The van der Waals surface area contributed by atoms with E-state index in [1.54, 1.807) is 25.1 Å². The maximum Gasteiger partial charge on any atom is 0.255 e. The molecule has 11 heteroatoms. The second-order valence-electron chi connectivity index (χ2n) is 7.08. The smallest absolute Gasteiger partial charge is 0.255 e. The number of nitrogens with one attached hydrogen (secondary N) is 2. The van der Waals surface area contributed by atoms with Gasteiger partial charge < -0.3 is 15.4 Å². The number of amides is 2. The summed E-state index contributed by atoms with van der Waals surface area (Å²) in [7, 11) is -4.06. The van der Waals surface area contributed by atoms with Crippen LogP contribution in [-0.2, 0) is 19.6 Å². The highest BCUT2D eigenvalue weighted by Crippen LogP contribution is 2.36. The lowest BCUT2D eigenvalue weighted by Crippen LogP contribution is -2.40. The van der Waals surface area contributed by atoms with Gasteiger partial charge in [0.2, 0.25) is 15.9 Å². The van der Waals surface area contributed by atoms with Crippen molar-refractivity contribution in [2.24, 2.45) is 0 Å². The van der Waals surface area contributed by atoms with Gasteiger partial charge in [-0.25, -0.2) is 12.8 Å². The number of nitrogens with zero attached hydrogens (tertiary/aromatic N) is 1. The SMILES string of the molecule is C[C@@H]1Sc2ccc(C(=O)Nc3ccc(F)c(S(=O)(=O)N4CCOCC4)c3)cc2NC1=O. The summed E-state index contributed by atoms with van der Waals surface area (Å²) >= 11 is 1.40. The Balaban J connectivity index is 1.56. The zero-order valence-electron chi connectivity index (χ0n) is 16.6. The van der Waals surface area contributed by atoms with Gasteiger partial charge in [0.05, 0.1) is 24.2 Å². The van der Waals surface area contributed by atoms with E-state index in [0.29, 0.717) is 5.69 Å². The van der Waals surface area contributed by atoms with Crippen molar-refractivity contribution in [1.29, 1.82) is 0 Å². The maximum absolute atomic E-state index is 14.3. The Kier molecular flexibility index (Phi) is 6.02. The van der Waals surface area contributed by atoms with Crippen LogP contribution in [0.1, 0.15) is 17.3 Å². The molecule has 2 N–H and O–H groups in total. The number of fused-ring (bicyclic) bond motifs is 1. The molecule has 2 aliphatic heterocycles. The van der Waals surface area contributed by atoms with Crippen LogP contribution in [-0.4, -0.2) is 56.1 Å². The Morgan fingerprint density at radius 1 is 1.23 bits per heavy atom. The largest absolute Gasteiger partial charge is 0.379 e. The lowest BCUT2D eigenvalue weighted by atomic mass is 10.1. The summed E-state index contributed by atoms with van der Waals surface area (Å²) in [6.45, 7) is 2.54. The first kappa shape index (κ1) is 21.8. The summed E-state index contributed by atoms with van der Waals surface area (Å²) in [6, 6.07) is 8.31. The van der Waals surface area contributed by atoms with E-state index in [4.69, 9.17) is 4.74 Å². The number of halogens is 1. The summed E-state index contributed by atoms with van der Waals surface area (Å²) in [4.78, 5) is 24.9. The van der Waals surface area contributed by atoms with Gasteiger partial charge in [-0.15, -0.1) is 11.8 Å². The number of rotatable bonds is 4. The van der Waals surface area contributed by atoms with Gasteiger partial charge in [-0.1, -0.05) is 0 Å². The van der Waals surface area contributed by atoms with Crippen molar-refractivity contribution in [1.82, 2.24) is 4.31 Å². The molecule has 2 aromatic rings. The molecule has 2 aromatic carbocycles. The van der Waals surface area contributed by atoms with Crippen LogP contribution >= 0.6 is 11.8 Å². The summed E-state index contributed by atoms with van der Waals surface area (Å²) in [6.07, 6.45) is 0. The van der Waals surface area contributed by atoms with Crippen molar-refractivity contribution in [3.8, 4) is 0 Å². The number of sulfonamides is 1. The molecule has 2 amide bonds. The number of thioether (sulfide) groups is 1. The Morgan fingerprint density at radius 2 is 1.97 bits per heavy atom. The van der Waals surface area contributed by atoms with E-state index in [1.807, 2.05) is 0 Å². The van der Waals surface area contributed by atoms with Gasteiger partial charge in [-0.3, -0.25) is 9.59 Å². The minimum atomic E-state index is -4.06. The molecule has 2 heterocycles. The van der Waals surface area contributed by atoms with Crippen LogP contribution in [0.4, 0.5) is 15.8 Å². The quantitative estimate of drug-likeness (QED) is 0.719. The molecule has 1 saturated heterocycles. The van der Waals surface area contributed by atoms with E-state index in [1.165, 1.54) is 17.8 Å². The molecule has 0 aromatic heterocycles. The third kappa shape index (κ3) is 4.45. The third-order valence-corrected chi connectivity index (χ3v) is 8.04. The highest BCUT2D eigenvalue weighted by atomic mass is 32.2. The summed E-state index contributed by atoms with van der Waals surface area (Å²) < 4.78 is 46.3. The predicted molar refractivity (Wildman–Crippen MR) is 114 cm³/mol. The highest BCUT2D eigenvalue weighted by Gasteiger charge is 2.29. The first-order valence-electron chi connectivity index (χ1n) is 9.56. The standard InChI is InChI=1S/C20H20FN3O5S2/c1-12-19(25)23-16-10-13(2-5-17(16)30-12)20(26)22-14-3-4-15(21)18(11-14)31(27,28)24-6-8-29-9-7-24/h2-5,10-12H,6-9H2,1H3,(H,22,26)(H,23,25)/t12-/m0/s1. The topological polar surface area (TPSA) is 105 Å². The molecular weight excluding hydrogens is 445 g/mol. The molecule has 0 spiro atoms. The predicted octanol–water partition coefficient (Wildman–Crippen LogP) is 2.53. The van der Waals surface area contributed by atoms with Gasteiger partial charge in [0, 0.05) is 29.2 Å². The molecule has 4 rings (SSSR count). The summed E-state index contributed by atoms with van der Waals surface area (Å²) in [5, 5.41) is 5.13. The number of carbonyl (C=O) groups excluding carboxylic acids is 2. The number of benzene rings is 2. The Labute approximate surface area is 183 Å². The molecule has 1 atom stereocenters. The van der Waals surface area contributed by atoms with Crippen LogP contribution in [0.15, 0.2) is 46.2 Å². The third-order valence-electron chi connectivity index (χ3n) is 4.95. The van der Waals surface area contributed by atoms with Crippen LogP contribution in [0.2, 0.25) is 0 Å². The highest BCUT2D eigenvalue weighted by molar-refractivity contribution is 8.01. The fraction of sp³-hybridized carbons (Fsp3) is 0.300. The molecule has 0 radical (unpaired) electrons. The van der Waals surface area contributed by atoms with Gasteiger partial charge in [0.1, 0.15) is 10.7 Å². The molecular formula is C20H20FN3O5S2. The zero-order valence-corrected chi connectivity index (χ0v) is 18.2. The van der Waals surface area contributed by atoms with Crippen LogP contribution in [0.25, 0.3) is 0 Å². The van der Waals surface area contributed by atoms with Crippen molar-refractivity contribution >= 4 is 45.0 Å². The minimum absolute atomic E-state index is 0.135. The molecule has 164 valence electrons. The number of carbonyl (C=O) groups is 2. The summed E-state index contributed by atoms with van der Waals surface area (Å²) in [5.41, 5.74) is 0.953. The maximum atomic E-state index is 14.3. The Morgan fingerprint density at radius 3 is 2.71 bits per heavy atom. The van der Waals surface area contributed by atoms with Crippen molar-refractivity contribution in [2.45, 2.75) is 22.0 Å². The molecule has 31 heavy (non-hydrogen) atoms. The molecule has 0 unspecified atom stereocenters. The molecule has 0 saturated carbocycles. The fourth-order valence-corrected chi connectivity index (χ4v) is 5.69.